The number of sulfonamides is 1. The summed E-state index contributed by atoms with van der Waals surface area (Å²) in [4.78, 5) is 18.6. The Morgan fingerprint density at radius 1 is 0.500 bits per heavy atom. The number of methoxy groups -OCH3 is 2. The van der Waals surface area contributed by atoms with Crippen LogP contribution in [0.5, 0.6) is 17.2 Å². The zero-order valence-corrected chi connectivity index (χ0v) is 85.7. The van der Waals surface area contributed by atoms with E-state index in [1.807, 2.05) is 84.8 Å². The lowest BCUT2D eigenvalue weighted by Gasteiger charge is -2.42. The number of aromatic nitrogens is 4. The molecule has 0 aliphatic heterocycles. The van der Waals surface area contributed by atoms with Crippen LogP contribution >= 0.6 is 58.4 Å². The highest BCUT2D eigenvalue weighted by Crippen LogP contribution is 2.45. The molecule has 5 aliphatic rings. The smallest absolute Gasteiger partial charge is 0.416 e. The number of nitrogens with one attached hydrogen (secondary N) is 2. The molecule has 5 aliphatic carbocycles. The average Bonchev–Trinajstić information content (AvgIpc) is 0.783. The Labute approximate surface area is 853 Å². The van der Waals surface area contributed by atoms with Gasteiger partial charge >= 0.3 is 24.7 Å². The topological polar surface area (TPSA) is 355 Å². The highest BCUT2D eigenvalue weighted by molar-refractivity contribution is 14.1. The molecule has 0 unspecified atom stereocenters. The second-order valence-corrected chi connectivity index (χ2v) is 45.0. The van der Waals surface area contributed by atoms with E-state index < -0.39 is 106 Å². The molecule has 9 aromatic rings. The number of halogens is 18. The number of benzene rings is 7. The molecule has 2 heterocycles. The highest BCUT2D eigenvalue weighted by Gasteiger charge is 2.43. The van der Waals surface area contributed by atoms with Crippen LogP contribution in [0.2, 0.25) is 28.2 Å². The molecular formula is C99H135Cl2F15IN11O11S2Si. The maximum absolute atomic E-state index is 15.0. The van der Waals surface area contributed by atoms with Gasteiger partial charge in [0.05, 0.1) is 70.9 Å². The van der Waals surface area contributed by atoms with Gasteiger partial charge < -0.3 is 77.2 Å². The number of likely N-dealkylation sites (N-methyl/N-ethyl adjacent to an activating group) is 2. The van der Waals surface area contributed by atoms with Gasteiger partial charge in [0.1, 0.15) is 70.0 Å². The quantitative estimate of drug-likeness (QED) is 0.0134. The standard InChI is InChI=1S/C25H25ClF4N4O3S.C15H20F3NO.C13H16F3NO.C13H15N3O2.C12H27NOSi.C7H4F3I.C6H3ClF2S.C6H13NO.2CH4.2H2O/c1-34(2)20-11-16(15-4-3-5-17(10-15)25(28,29)30)6-7-21(20)37-22-13-19(27)23(12-18(22)26)38(35,36)33-24-8-9-31-14-32-24;1-19(2)13-9-11(6-7-14(13)20)10-4-3-5-12(8-10)15(16,17)18;14-13(15,16)10-3-1-2-8(6-10)9-4-5-12(18)11(17)7-9;1-17-11-4-3-10(12(7-11)18-2)8-15-13-5-6-14-9-16-13;1-12(2,3)15(4,5)14-11-9-7-6-8-10(11)13;8-7(9,10)5-2-1-3-6(11)4-5;7-3-1-6(10)5(9)2-4(3)8;7-5-3-1-2-4-6(5)8;;;;/h3-5,8-10,12-14,16,20-21H,6-7,11H2,1-2H3,(H,31,32,33);3-5,8,11,13-14,20H,6-7,9H2,1-2H3;1-3,6,9,11-12,18H,4-5,7,17H2;3-7,9H,8H2,1-2H3,(H,14,15,16);10-11H,6-9,13H2,1-5H3;1-4H;1-2,10H;5-6,8H,1-4,7H2;2*1H4;2*1H2/t16-,20-,21-;11-,13-,14-;9-,11-,12-;;10-,11-;;;5-,6-;;;;/m000.0..0..../s1. The fraction of sp³-hybridized carbons (Fsp3) is 0.495. The largest absolute Gasteiger partial charge is 0.497 e. The molecule has 0 bridgehead atoms. The molecule has 794 valence electrons. The Bertz CT molecular complexity index is 5320. The van der Waals surface area contributed by atoms with Crippen LogP contribution in [0.25, 0.3) is 0 Å². The van der Waals surface area contributed by atoms with Gasteiger partial charge in [-0.2, -0.15) is 52.7 Å². The summed E-state index contributed by atoms with van der Waals surface area (Å²) in [6.45, 7) is 12.1. The molecule has 5 fully saturated rings. The summed E-state index contributed by atoms with van der Waals surface area (Å²) in [5.74, 6) is -0.304. The van der Waals surface area contributed by atoms with Gasteiger partial charge in [-0.25, -0.2) is 41.5 Å². The van der Waals surface area contributed by atoms with E-state index in [0.29, 0.717) is 89.8 Å². The molecule has 0 radical (unpaired) electrons. The van der Waals surface area contributed by atoms with Crippen LogP contribution < -0.4 is 41.5 Å². The fourth-order valence-corrected chi connectivity index (χ4v) is 19.5. The summed E-state index contributed by atoms with van der Waals surface area (Å²) < 4.78 is 242. The van der Waals surface area contributed by atoms with Gasteiger partial charge in [-0.1, -0.05) is 145 Å². The molecule has 2 aromatic heterocycles. The van der Waals surface area contributed by atoms with Gasteiger partial charge in [-0.3, -0.25) is 4.72 Å². The SMILES string of the molecule is C.C.CC(C)(C)[Si](C)(C)O[C@H]1CCCC[C@@H]1N.CN(C)[C@H]1C[C@@H](c2cccc(C(F)(F)F)c2)CC[C@@H]1O.CN(C)[C@H]1C[C@@H](c2cccc(C(F)(F)F)c2)CC[C@@H]1Oc1cc(F)c(S(=O)(=O)Nc2ccncn2)cc1Cl.COc1ccc(CNc2ccncn2)c(OC)c1.FC(F)(F)c1cccc(I)c1.Fc1cc(F)c(Cl)cc1S.N[C@H]1CCCC[C@@H]1O.N[C@H]1C[C@@H](c2cccc(C(F)(F)F)c2)CC[C@@H]1O.O.O. The summed E-state index contributed by atoms with van der Waals surface area (Å²) in [7, 11) is 4.76. The maximum Gasteiger partial charge on any atom is 0.416 e. The van der Waals surface area contributed by atoms with Crippen molar-refractivity contribution in [2.45, 2.75) is 282 Å². The first-order chi connectivity index (χ1) is 64.5. The summed E-state index contributed by atoms with van der Waals surface area (Å²) in [5.41, 5.74) is 17.9. The first-order valence-corrected chi connectivity index (χ1v) is 51.3. The van der Waals surface area contributed by atoms with E-state index >= 15 is 0 Å². The summed E-state index contributed by atoms with van der Waals surface area (Å²) in [6.07, 6.45) is 1.55. The van der Waals surface area contributed by atoms with Crippen molar-refractivity contribution in [3.63, 3.8) is 0 Å². The lowest BCUT2D eigenvalue weighted by molar-refractivity contribution is -0.138. The number of hydrogen-bond acceptors (Lipinski definition) is 20. The monoisotopic (exact) mass is 2230 g/mol. The lowest BCUT2D eigenvalue weighted by atomic mass is 9.79. The Kier molecular flexibility index (Phi) is 52.9. The van der Waals surface area contributed by atoms with Gasteiger partial charge in [-0.15, -0.1) is 12.6 Å². The average molecular weight is 2230 g/mol. The van der Waals surface area contributed by atoms with E-state index in [1.54, 1.807) is 44.7 Å². The van der Waals surface area contributed by atoms with E-state index in [-0.39, 0.29) is 106 Å². The zero-order chi connectivity index (χ0) is 103. The van der Waals surface area contributed by atoms with Crippen molar-refractivity contribution in [1.82, 2.24) is 29.7 Å². The van der Waals surface area contributed by atoms with Crippen LogP contribution in [0.3, 0.4) is 0 Å². The van der Waals surface area contributed by atoms with E-state index in [2.05, 4.69) is 76.5 Å². The van der Waals surface area contributed by atoms with Crippen molar-refractivity contribution in [2.75, 3.05) is 52.4 Å². The molecule has 14 rings (SSSR count). The molecule has 142 heavy (non-hydrogen) atoms. The number of thiol groups is 1. The zero-order valence-electron chi connectivity index (χ0n) is 79.3. The van der Waals surface area contributed by atoms with E-state index in [9.17, 15) is 84.5 Å². The molecule has 15 N–H and O–H groups in total. The second-order valence-electron chi connectivity index (χ2n) is 36.1. The van der Waals surface area contributed by atoms with Crippen LogP contribution in [0, 0.1) is 21.0 Å². The van der Waals surface area contributed by atoms with Gasteiger partial charge in [0.15, 0.2) is 8.32 Å². The Hall–Kier alpha value is -7.96. The van der Waals surface area contributed by atoms with Gasteiger partial charge in [0.2, 0.25) is 0 Å². The number of ether oxygens (including phenoxy) is 3. The third-order valence-corrected chi connectivity index (χ3v) is 32.1. The lowest BCUT2D eigenvalue weighted by Crippen LogP contribution is -2.50. The van der Waals surface area contributed by atoms with Crippen LogP contribution in [-0.2, 0) is 45.7 Å². The molecule has 43 heteroatoms. The molecule has 5 saturated carbocycles. The number of aliphatic hydroxyl groups is 3. The predicted molar refractivity (Wildman–Crippen MR) is 541 cm³/mol. The normalized spacial score (nSPS) is 21.3. The van der Waals surface area contributed by atoms with Crippen LogP contribution in [-0.4, -0.2) is 176 Å². The number of nitrogens with two attached hydrogens (primary N) is 3. The number of nitrogens with zero attached hydrogens (tertiary/aromatic N) is 6. The van der Waals surface area contributed by atoms with Crippen molar-refractivity contribution >= 4 is 88.4 Å². The van der Waals surface area contributed by atoms with Crippen molar-refractivity contribution < 1.29 is 119 Å². The number of alkyl halides is 12. The Morgan fingerprint density at radius 2 is 0.958 bits per heavy atom. The van der Waals surface area contributed by atoms with Gasteiger partial charge in [0, 0.05) is 81.4 Å². The Morgan fingerprint density at radius 3 is 1.39 bits per heavy atom. The molecule has 0 amide bonds. The minimum Gasteiger partial charge on any atom is -0.497 e. The fourth-order valence-electron chi connectivity index (χ4n) is 15.7. The van der Waals surface area contributed by atoms with E-state index in [0.717, 1.165) is 122 Å². The van der Waals surface area contributed by atoms with Crippen molar-refractivity contribution in [3.8, 4) is 17.2 Å². The van der Waals surface area contributed by atoms with E-state index in [4.69, 9.17) is 64.1 Å². The van der Waals surface area contributed by atoms with Crippen LogP contribution in [0.4, 0.5) is 77.5 Å². The summed E-state index contributed by atoms with van der Waals surface area (Å²) in [5, 5.41) is 31.8. The first-order valence-electron chi connectivity index (χ1n) is 44.6. The molecule has 0 saturated heterocycles. The summed E-state index contributed by atoms with van der Waals surface area (Å²) >= 11 is 17.1. The minimum absolute atomic E-state index is 0. The second kappa shape index (κ2) is 58.5. The van der Waals surface area contributed by atoms with Gasteiger partial charge in [0.25, 0.3) is 10.0 Å². The van der Waals surface area contributed by atoms with E-state index in [1.165, 1.54) is 80.3 Å². The van der Waals surface area contributed by atoms with Crippen LogP contribution in [0.15, 0.2) is 186 Å². The maximum atomic E-state index is 15.0. The predicted octanol–water partition coefficient (Wildman–Crippen LogP) is 23.1. The number of hydrogen-bond donors (Lipinski definition) is 9. The third-order valence-electron chi connectivity index (χ3n) is 24.6. The minimum atomic E-state index is -4.43. The molecule has 13 atom stereocenters. The van der Waals surface area contributed by atoms with Crippen molar-refractivity contribution in [3.05, 3.63) is 252 Å². The number of anilines is 2. The van der Waals surface area contributed by atoms with Crippen LogP contribution in [0.1, 0.15) is 207 Å². The van der Waals surface area contributed by atoms with Gasteiger partial charge in [-0.05, 0) is 260 Å². The molecule has 7 aromatic carbocycles. The first kappa shape index (κ1) is 128. The third kappa shape index (κ3) is 40.7. The summed E-state index contributed by atoms with van der Waals surface area (Å²) in [6, 6.07) is 33.8. The van der Waals surface area contributed by atoms with Crippen molar-refractivity contribution in [2.24, 2.45) is 17.2 Å². The number of aliphatic hydroxyl groups excluding tert-OH is 3. The molecule has 22 nitrogen and oxygen atoms in total. The number of rotatable bonds is 17. The van der Waals surface area contributed by atoms with Crippen molar-refractivity contribution in [1.29, 1.82) is 0 Å². The Balaban J connectivity index is 0.000000436. The highest BCUT2D eigenvalue weighted by atomic mass is 127. The molecule has 0 spiro atoms. The molecular weight excluding hydrogens is 2090 g/mol.